The van der Waals surface area contributed by atoms with E-state index in [9.17, 15) is 5.11 Å². The number of phenols is 1. The maximum absolute atomic E-state index is 9.20. The molecule has 1 aromatic heterocycles. The Kier molecular flexibility index (Phi) is 1.82. The number of phenolic OH excluding ortho intramolecular Hbond substituents is 1. The van der Waals surface area contributed by atoms with Crippen LogP contribution < -0.4 is 0 Å². The summed E-state index contributed by atoms with van der Waals surface area (Å²) in [4.78, 5) is 0. The van der Waals surface area contributed by atoms with Crippen molar-refractivity contribution in [2.75, 3.05) is 0 Å². The first-order valence-electron chi connectivity index (χ1n) is 3.57. The summed E-state index contributed by atoms with van der Waals surface area (Å²) in [7, 11) is 0. The Morgan fingerprint density at radius 1 is 1.46 bits per heavy atom. The highest BCUT2D eigenvalue weighted by molar-refractivity contribution is 7.71. The first-order valence-corrected chi connectivity index (χ1v) is 3.98. The molecule has 5 nitrogen and oxygen atoms in total. The van der Waals surface area contributed by atoms with Gasteiger partial charge in [-0.25, -0.2) is 4.68 Å². The number of hydrogen-bond acceptors (Lipinski definition) is 4. The fourth-order valence-electron chi connectivity index (χ4n) is 0.998. The lowest BCUT2D eigenvalue weighted by Crippen LogP contribution is -1.95. The van der Waals surface area contributed by atoms with Crippen molar-refractivity contribution in [2.45, 2.75) is 0 Å². The molecule has 0 unspecified atom stereocenters. The largest absolute Gasteiger partial charge is 0.508 e. The Hall–Kier alpha value is -1.69. The van der Waals surface area contributed by atoms with Crippen LogP contribution in [-0.4, -0.2) is 25.3 Å². The van der Waals surface area contributed by atoms with Crippen LogP contribution in [-0.2, 0) is 0 Å². The summed E-state index contributed by atoms with van der Waals surface area (Å²) >= 11 is 4.89. The van der Waals surface area contributed by atoms with Crippen LogP contribution in [0.4, 0.5) is 0 Å². The Morgan fingerprint density at radius 3 is 2.92 bits per heavy atom. The van der Waals surface area contributed by atoms with Crippen LogP contribution in [0, 0.1) is 4.77 Å². The molecule has 0 saturated carbocycles. The van der Waals surface area contributed by atoms with Gasteiger partial charge >= 0.3 is 0 Å². The zero-order valence-corrected chi connectivity index (χ0v) is 7.32. The van der Waals surface area contributed by atoms with E-state index in [0.29, 0.717) is 10.5 Å². The topological polar surface area (TPSA) is 66.7 Å². The van der Waals surface area contributed by atoms with Gasteiger partial charge in [0.15, 0.2) is 0 Å². The van der Waals surface area contributed by atoms with Gasteiger partial charge in [0.1, 0.15) is 5.75 Å². The minimum absolute atomic E-state index is 0.175. The van der Waals surface area contributed by atoms with Crippen molar-refractivity contribution in [1.29, 1.82) is 0 Å². The Bertz CT molecular complexity index is 475. The van der Waals surface area contributed by atoms with Crippen LogP contribution in [0.15, 0.2) is 24.3 Å². The number of aromatic hydroxyl groups is 1. The molecule has 2 rings (SSSR count). The summed E-state index contributed by atoms with van der Waals surface area (Å²) < 4.78 is 1.82. The number of tetrazole rings is 1. The summed E-state index contributed by atoms with van der Waals surface area (Å²) in [6, 6.07) is 6.65. The molecule has 0 fully saturated rings. The minimum atomic E-state index is 0.175. The number of nitrogens with zero attached hydrogens (tertiary/aromatic N) is 3. The number of rotatable bonds is 1. The molecule has 1 heterocycles. The van der Waals surface area contributed by atoms with Crippen molar-refractivity contribution in [3.05, 3.63) is 29.0 Å². The molecule has 13 heavy (non-hydrogen) atoms. The molecule has 0 aliphatic heterocycles. The summed E-state index contributed by atoms with van der Waals surface area (Å²) in [5.74, 6) is 0.175. The van der Waals surface area contributed by atoms with Gasteiger partial charge in [0.2, 0.25) is 4.77 Å². The number of aromatic nitrogens is 4. The van der Waals surface area contributed by atoms with E-state index in [4.69, 9.17) is 12.2 Å². The second-order valence-corrected chi connectivity index (χ2v) is 2.80. The third-order valence-corrected chi connectivity index (χ3v) is 1.82. The van der Waals surface area contributed by atoms with Crippen LogP contribution in [0.1, 0.15) is 0 Å². The Morgan fingerprint density at radius 2 is 2.31 bits per heavy atom. The van der Waals surface area contributed by atoms with Gasteiger partial charge in [-0.15, -0.1) is 0 Å². The number of nitrogens with one attached hydrogen (secondary N) is 1. The van der Waals surface area contributed by atoms with Gasteiger partial charge in [-0.3, -0.25) is 0 Å². The maximum atomic E-state index is 9.20. The molecule has 0 amide bonds. The number of H-pyrrole nitrogens is 1. The molecule has 6 heteroatoms. The van der Waals surface area contributed by atoms with Gasteiger partial charge in [-0.2, -0.15) is 5.21 Å². The lowest BCUT2D eigenvalue weighted by molar-refractivity contribution is 0.474. The van der Waals surface area contributed by atoms with Gasteiger partial charge in [0, 0.05) is 6.07 Å². The minimum Gasteiger partial charge on any atom is -0.508 e. The van der Waals surface area contributed by atoms with Crippen LogP contribution in [0.3, 0.4) is 0 Å². The van der Waals surface area contributed by atoms with Crippen molar-refractivity contribution in [1.82, 2.24) is 20.2 Å². The van der Waals surface area contributed by atoms with Crippen molar-refractivity contribution in [3.63, 3.8) is 0 Å². The predicted octanol–water partition coefficient (Wildman–Crippen LogP) is 1.03. The SMILES string of the molecule is Oc1cccc(-n2[nH]nnc2=S)c1. The predicted molar refractivity (Wildman–Crippen MR) is 48.2 cm³/mol. The second kappa shape index (κ2) is 2.98. The molecular weight excluding hydrogens is 188 g/mol. The molecular formula is C7H6N4OS. The van der Waals surface area contributed by atoms with Gasteiger partial charge in [0.05, 0.1) is 5.69 Å². The normalized spacial score (nSPS) is 10.2. The quantitative estimate of drug-likeness (QED) is 0.665. The fourth-order valence-corrected chi connectivity index (χ4v) is 1.18. The van der Waals surface area contributed by atoms with Gasteiger partial charge in [-0.1, -0.05) is 16.4 Å². The summed E-state index contributed by atoms with van der Waals surface area (Å²) in [6.45, 7) is 0. The van der Waals surface area contributed by atoms with E-state index < -0.39 is 0 Å². The average molecular weight is 194 g/mol. The molecule has 2 N–H and O–H groups in total. The molecule has 0 aliphatic carbocycles. The molecule has 0 radical (unpaired) electrons. The lowest BCUT2D eigenvalue weighted by atomic mass is 10.3. The first-order chi connectivity index (χ1) is 6.27. The number of aromatic amines is 1. The molecule has 0 aliphatic rings. The van der Waals surface area contributed by atoms with E-state index >= 15 is 0 Å². The van der Waals surface area contributed by atoms with Crippen LogP contribution in [0.25, 0.3) is 5.69 Å². The van der Waals surface area contributed by atoms with E-state index in [0.717, 1.165) is 0 Å². The zero-order chi connectivity index (χ0) is 9.26. The van der Waals surface area contributed by atoms with Crippen molar-refractivity contribution < 1.29 is 5.11 Å². The molecule has 0 spiro atoms. The average Bonchev–Trinajstić information content (AvgIpc) is 2.51. The first kappa shape index (κ1) is 7.93. The lowest BCUT2D eigenvalue weighted by Gasteiger charge is -1.99. The number of benzene rings is 1. The Labute approximate surface area is 78.6 Å². The Balaban J connectivity index is 2.59. The highest BCUT2D eigenvalue weighted by Gasteiger charge is 1.99. The van der Waals surface area contributed by atoms with Crippen molar-refractivity contribution in [3.8, 4) is 11.4 Å². The summed E-state index contributed by atoms with van der Waals surface area (Å²) in [6.07, 6.45) is 0. The maximum Gasteiger partial charge on any atom is 0.242 e. The third kappa shape index (κ3) is 1.43. The molecule has 0 atom stereocenters. The monoisotopic (exact) mass is 194 g/mol. The molecule has 2 aromatic rings. The van der Waals surface area contributed by atoms with Gasteiger partial charge in [-0.05, 0) is 24.4 Å². The standard InChI is InChI=1S/C7H6N4OS/c12-6-3-1-2-5(4-6)11-7(13)8-9-10-11/h1-4,12H,(H,8,10,13). The summed E-state index contributed by atoms with van der Waals surface area (Å²) in [5, 5.41) is 18.9. The van der Waals surface area contributed by atoms with Gasteiger partial charge in [0.25, 0.3) is 0 Å². The van der Waals surface area contributed by atoms with Crippen LogP contribution in [0.2, 0.25) is 0 Å². The third-order valence-electron chi connectivity index (χ3n) is 1.56. The van der Waals surface area contributed by atoms with E-state index in [1.54, 1.807) is 24.3 Å². The molecule has 66 valence electrons. The summed E-state index contributed by atoms with van der Waals surface area (Å²) in [5.41, 5.74) is 0.704. The van der Waals surface area contributed by atoms with Crippen molar-refractivity contribution in [2.24, 2.45) is 0 Å². The fraction of sp³-hybridized carbons (Fsp3) is 0. The van der Waals surface area contributed by atoms with E-state index in [2.05, 4.69) is 15.5 Å². The second-order valence-electron chi connectivity index (χ2n) is 2.44. The highest BCUT2D eigenvalue weighted by Crippen LogP contribution is 2.13. The van der Waals surface area contributed by atoms with Crippen LogP contribution in [0.5, 0.6) is 5.75 Å². The van der Waals surface area contributed by atoms with Crippen LogP contribution >= 0.6 is 12.2 Å². The van der Waals surface area contributed by atoms with E-state index in [1.807, 2.05) is 0 Å². The van der Waals surface area contributed by atoms with E-state index in [-0.39, 0.29) is 5.75 Å². The van der Waals surface area contributed by atoms with E-state index in [1.165, 1.54) is 4.68 Å². The van der Waals surface area contributed by atoms with Crippen molar-refractivity contribution >= 4 is 12.2 Å². The smallest absolute Gasteiger partial charge is 0.242 e. The molecule has 0 saturated heterocycles. The zero-order valence-electron chi connectivity index (χ0n) is 6.51. The highest BCUT2D eigenvalue weighted by atomic mass is 32.1. The van der Waals surface area contributed by atoms with Gasteiger partial charge < -0.3 is 5.11 Å². The molecule has 1 aromatic carbocycles. The number of hydrogen-bond donors (Lipinski definition) is 2. The molecule has 0 bridgehead atoms.